The highest BCUT2D eigenvalue weighted by molar-refractivity contribution is 5.83. The van der Waals surface area contributed by atoms with Gasteiger partial charge in [0, 0.05) is 20.3 Å². The summed E-state index contributed by atoms with van der Waals surface area (Å²) >= 11 is 0. The van der Waals surface area contributed by atoms with E-state index in [4.69, 9.17) is 9.84 Å². The normalized spacial score (nSPS) is 25.1. The Hall–Kier alpha value is -1.59. The Morgan fingerprint density at radius 1 is 1.33 bits per heavy atom. The molecular weight excluding hydrogens is 202 g/mol. The van der Waals surface area contributed by atoms with Crippen molar-refractivity contribution in [2.24, 2.45) is 0 Å². The molecule has 1 aliphatic rings. The van der Waals surface area contributed by atoms with E-state index in [9.17, 15) is 14.4 Å². The van der Waals surface area contributed by atoms with Gasteiger partial charge in [0.15, 0.2) is 0 Å². The molecule has 0 aromatic heterocycles. The summed E-state index contributed by atoms with van der Waals surface area (Å²) in [5.74, 6) is -1.86. The summed E-state index contributed by atoms with van der Waals surface area (Å²) in [5.41, 5.74) is 0. The lowest BCUT2D eigenvalue weighted by molar-refractivity contribution is -0.147. The van der Waals surface area contributed by atoms with Crippen LogP contribution in [0.15, 0.2) is 0 Å². The number of hydrogen-bond donors (Lipinski definition) is 1. The van der Waals surface area contributed by atoms with Crippen molar-refractivity contribution in [2.75, 3.05) is 6.54 Å². The average Bonchev–Trinajstić information content (AvgIpc) is 2.46. The molecule has 1 saturated heterocycles. The number of carboxylic acids is 1. The summed E-state index contributed by atoms with van der Waals surface area (Å²) in [6.45, 7) is 2.71. The maximum absolute atomic E-state index is 11.1. The van der Waals surface area contributed by atoms with Gasteiger partial charge in [-0.3, -0.25) is 9.59 Å². The number of hydrogen-bond acceptors (Lipinski definition) is 4. The summed E-state index contributed by atoms with van der Waals surface area (Å²) in [7, 11) is 0. The zero-order valence-electron chi connectivity index (χ0n) is 8.60. The Balaban J connectivity index is 2.69. The summed E-state index contributed by atoms with van der Waals surface area (Å²) in [4.78, 5) is 33.8. The maximum atomic E-state index is 11.1. The summed E-state index contributed by atoms with van der Waals surface area (Å²) in [6, 6.07) is -0.883. The zero-order valence-corrected chi connectivity index (χ0v) is 8.60. The highest BCUT2D eigenvalue weighted by Crippen LogP contribution is 2.20. The van der Waals surface area contributed by atoms with Gasteiger partial charge in [-0.05, 0) is 0 Å². The molecule has 2 atom stereocenters. The fourth-order valence-electron chi connectivity index (χ4n) is 1.70. The first kappa shape index (κ1) is 11.5. The van der Waals surface area contributed by atoms with Gasteiger partial charge in [0.05, 0.1) is 6.54 Å². The van der Waals surface area contributed by atoms with E-state index in [2.05, 4.69) is 0 Å². The molecule has 1 N–H and O–H groups in total. The van der Waals surface area contributed by atoms with Crippen molar-refractivity contribution in [2.45, 2.75) is 32.4 Å². The zero-order chi connectivity index (χ0) is 11.6. The van der Waals surface area contributed by atoms with Crippen molar-refractivity contribution in [1.29, 1.82) is 0 Å². The van der Waals surface area contributed by atoms with Crippen LogP contribution in [0.5, 0.6) is 0 Å². The van der Waals surface area contributed by atoms with Crippen LogP contribution in [0.3, 0.4) is 0 Å². The van der Waals surface area contributed by atoms with E-state index < -0.39 is 24.1 Å². The quantitative estimate of drug-likeness (QED) is 0.635. The van der Waals surface area contributed by atoms with E-state index in [0.29, 0.717) is 0 Å². The highest BCUT2D eigenvalue weighted by atomic mass is 16.5. The van der Waals surface area contributed by atoms with Crippen LogP contribution in [0, 0.1) is 0 Å². The molecule has 6 heteroatoms. The molecule has 0 aromatic rings. The predicted octanol–water partition coefficient (Wildman–Crippen LogP) is -0.376. The Morgan fingerprint density at radius 3 is 2.27 bits per heavy atom. The van der Waals surface area contributed by atoms with Crippen LogP contribution in [-0.4, -0.2) is 46.5 Å². The monoisotopic (exact) mass is 215 g/mol. The first-order valence-corrected chi connectivity index (χ1v) is 4.59. The first-order chi connectivity index (χ1) is 6.91. The third-order valence-corrected chi connectivity index (χ3v) is 2.28. The maximum Gasteiger partial charge on any atom is 0.326 e. The van der Waals surface area contributed by atoms with Gasteiger partial charge in [-0.25, -0.2) is 4.79 Å². The van der Waals surface area contributed by atoms with Crippen LogP contribution in [0.1, 0.15) is 20.3 Å². The number of esters is 1. The lowest BCUT2D eigenvalue weighted by atomic mass is 10.2. The Bertz CT molecular complexity index is 279. The summed E-state index contributed by atoms with van der Waals surface area (Å²) in [5, 5.41) is 8.85. The molecule has 1 aliphatic heterocycles. The van der Waals surface area contributed by atoms with Crippen LogP contribution in [0.4, 0.5) is 0 Å². The molecule has 1 rings (SSSR count). The number of amides is 1. The van der Waals surface area contributed by atoms with Crippen LogP contribution < -0.4 is 0 Å². The van der Waals surface area contributed by atoms with Gasteiger partial charge in [0.2, 0.25) is 5.91 Å². The molecule has 1 fully saturated rings. The highest BCUT2D eigenvalue weighted by Gasteiger charge is 2.39. The van der Waals surface area contributed by atoms with Crippen molar-refractivity contribution in [3.8, 4) is 0 Å². The lowest BCUT2D eigenvalue weighted by Crippen LogP contribution is -2.39. The third kappa shape index (κ3) is 2.68. The van der Waals surface area contributed by atoms with Crippen molar-refractivity contribution in [3.05, 3.63) is 0 Å². The van der Waals surface area contributed by atoms with Crippen LogP contribution in [0.2, 0.25) is 0 Å². The van der Waals surface area contributed by atoms with Crippen molar-refractivity contribution in [3.63, 3.8) is 0 Å². The number of ether oxygens (including phenoxy) is 1. The largest absolute Gasteiger partial charge is 0.480 e. The Morgan fingerprint density at radius 2 is 1.93 bits per heavy atom. The topological polar surface area (TPSA) is 83.9 Å². The van der Waals surface area contributed by atoms with E-state index in [0.717, 1.165) is 0 Å². The second-order valence-electron chi connectivity index (χ2n) is 3.49. The fraction of sp³-hybridized carbons (Fsp3) is 0.667. The molecule has 1 amide bonds. The molecular formula is C9H13NO5. The van der Waals surface area contributed by atoms with Gasteiger partial charge in [-0.15, -0.1) is 0 Å². The van der Waals surface area contributed by atoms with Crippen LogP contribution in [-0.2, 0) is 19.1 Å². The van der Waals surface area contributed by atoms with Gasteiger partial charge < -0.3 is 14.7 Å². The van der Waals surface area contributed by atoms with E-state index in [1.54, 1.807) is 0 Å². The minimum Gasteiger partial charge on any atom is -0.480 e. The first-order valence-electron chi connectivity index (χ1n) is 4.59. The molecule has 0 aliphatic carbocycles. The molecule has 0 aromatic carbocycles. The number of carboxylic acid groups (broad SMARTS) is 1. The van der Waals surface area contributed by atoms with E-state index in [1.807, 2.05) is 0 Å². The van der Waals surface area contributed by atoms with Crippen molar-refractivity contribution in [1.82, 2.24) is 4.90 Å². The smallest absolute Gasteiger partial charge is 0.326 e. The number of nitrogens with zero attached hydrogens (tertiary/aromatic N) is 1. The second-order valence-corrected chi connectivity index (χ2v) is 3.49. The molecule has 15 heavy (non-hydrogen) atoms. The fourth-order valence-corrected chi connectivity index (χ4v) is 1.70. The Labute approximate surface area is 86.8 Å². The number of aliphatic carboxylic acids is 1. The summed E-state index contributed by atoms with van der Waals surface area (Å²) < 4.78 is 4.88. The van der Waals surface area contributed by atoms with Gasteiger partial charge in [0.1, 0.15) is 12.1 Å². The average molecular weight is 215 g/mol. The molecule has 1 unspecified atom stereocenters. The molecule has 0 spiro atoms. The molecule has 0 radical (unpaired) electrons. The molecule has 84 valence electrons. The standard InChI is InChI=1S/C9H13NO5/c1-5(11)10-4-7(15-6(2)12)3-8(10)9(13)14/h7-8H,3-4H2,1-2H3,(H,13,14)/t7?,8-/m0/s1. The number of carbonyl (C=O) groups excluding carboxylic acids is 2. The minimum absolute atomic E-state index is 0.159. The van der Waals surface area contributed by atoms with Crippen molar-refractivity contribution >= 4 is 17.8 Å². The number of carbonyl (C=O) groups is 3. The second kappa shape index (κ2) is 4.29. The van der Waals surface area contributed by atoms with Gasteiger partial charge in [-0.1, -0.05) is 0 Å². The van der Waals surface area contributed by atoms with E-state index in [-0.39, 0.29) is 18.9 Å². The third-order valence-electron chi connectivity index (χ3n) is 2.28. The number of rotatable bonds is 2. The van der Waals surface area contributed by atoms with Gasteiger partial charge in [-0.2, -0.15) is 0 Å². The predicted molar refractivity (Wildman–Crippen MR) is 49.0 cm³/mol. The lowest BCUT2D eigenvalue weighted by Gasteiger charge is -2.18. The van der Waals surface area contributed by atoms with Crippen molar-refractivity contribution < 1.29 is 24.2 Å². The minimum atomic E-state index is -1.07. The summed E-state index contributed by atoms with van der Waals surface area (Å²) in [6.07, 6.45) is -0.346. The van der Waals surface area contributed by atoms with Crippen LogP contribution >= 0.6 is 0 Å². The van der Waals surface area contributed by atoms with E-state index in [1.165, 1.54) is 18.7 Å². The molecule has 1 heterocycles. The SMILES string of the molecule is CC(=O)OC1C[C@@H](C(=O)O)N(C(C)=O)C1. The Kier molecular flexibility index (Phi) is 3.28. The molecule has 6 nitrogen and oxygen atoms in total. The van der Waals surface area contributed by atoms with Gasteiger partial charge >= 0.3 is 11.9 Å². The molecule has 0 saturated carbocycles. The molecule has 0 bridgehead atoms. The van der Waals surface area contributed by atoms with E-state index >= 15 is 0 Å². The number of likely N-dealkylation sites (tertiary alicyclic amines) is 1. The van der Waals surface area contributed by atoms with Crippen LogP contribution in [0.25, 0.3) is 0 Å². The van der Waals surface area contributed by atoms with Gasteiger partial charge in [0.25, 0.3) is 0 Å².